The van der Waals surface area contributed by atoms with Crippen molar-refractivity contribution in [1.29, 1.82) is 0 Å². The molecule has 2 atom stereocenters. The Morgan fingerprint density at radius 1 is 1.03 bits per heavy atom. The van der Waals surface area contributed by atoms with E-state index in [1.165, 1.54) is 63.0 Å². The molecule has 2 heterocycles. The molecular formula is C27H45ClN2O2. The van der Waals surface area contributed by atoms with Crippen molar-refractivity contribution in [3.05, 3.63) is 23.8 Å². The van der Waals surface area contributed by atoms with E-state index in [9.17, 15) is 0 Å². The Morgan fingerprint density at radius 2 is 1.72 bits per heavy atom. The third-order valence-corrected chi connectivity index (χ3v) is 8.66. The Balaban J connectivity index is 0.00000289. The summed E-state index contributed by atoms with van der Waals surface area (Å²) in [6.45, 7) is 17.6. The number of methoxy groups -OCH3 is 1. The van der Waals surface area contributed by atoms with E-state index in [-0.39, 0.29) is 17.8 Å². The van der Waals surface area contributed by atoms with Gasteiger partial charge in [0.25, 0.3) is 0 Å². The summed E-state index contributed by atoms with van der Waals surface area (Å²) in [6.07, 6.45) is 6.30. The number of ether oxygens (including phenoxy) is 2. The van der Waals surface area contributed by atoms with E-state index in [4.69, 9.17) is 9.47 Å². The number of halogens is 1. The van der Waals surface area contributed by atoms with Gasteiger partial charge in [-0.05, 0) is 78.5 Å². The molecule has 2 unspecified atom stereocenters. The van der Waals surface area contributed by atoms with Gasteiger partial charge in [-0.25, -0.2) is 0 Å². The molecule has 1 aromatic rings. The fraction of sp³-hybridized carbons (Fsp3) is 0.778. The highest BCUT2D eigenvalue weighted by Gasteiger charge is 2.43. The first-order valence-electron chi connectivity index (χ1n) is 12.5. The molecule has 3 fully saturated rings. The lowest BCUT2D eigenvalue weighted by molar-refractivity contribution is 0.0517. The summed E-state index contributed by atoms with van der Waals surface area (Å²) in [5, 5.41) is 0. The SMILES string of the molecule is COc1ccc(N2CCN(CC3CCOCC3)CC2)c(C2(C)CCC(C)(C)CC2C)c1.Cl. The van der Waals surface area contributed by atoms with Crippen LogP contribution in [0.5, 0.6) is 5.75 Å². The minimum absolute atomic E-state index is 0. The van der Waals surface area contributed by atoms with E-state index in [2.05, 4.69) is 55.7 Å². The zero-order valence-electron chi connectivity index (χ0n) is 21.0. The van der Waals surface area contributed by atoms with Crippen LogP contribution in [0.3, 0.4) is 0 Å². The maximum Gasteiger partial charge on any atom is 0.119 e. The molecule has 4 nitrogen and oxygen atoms in total. The summed E-state index contributed by atoms with van der Waals surface area (Å²) in [5.74, 6) is 2.48. The second-order valence-electron chi connectivity index (χ2n) is 11.4. The van der Waals surface area contributed by atoms with E-state index in [1.807, 2.05) is 0 Å². The van der Waals surface area contributed by atoms with Crippen LogP contribution in [0.2, 0.25) is 0 Å². The van der Waals surface area contributed by atoms with Crippen molar-refractivity contribution >= 4 is 18.1 Å². The fourth-order valence-corrected chi connectivity index (χ4v) is 6.24. The zero-order valence-corrected chi connectivity index (χ0v) is 21.8. The van der Waals surface area contributed by atoms with Crippen LogP contribution in [0.15, 0.2) is 18.2 Å². The quantitative estimate of drug-likeness (QED) is 0.552. The van der Waals surface area contributed by atoms with Crippen LogP contribution in [0.25, 0.3) is 0 Å². The summed E-state index contributed by atoms with van der Waals surface area (Å²) >= 11 is 0. The van der Waals surface area contributed by atoms with Crippen LogP contribution in [-0.4, -0.2) is 57.9 Å². The van der Waals surface area contributed by atoms with Gasteiger partial charge in [0.1, 0.15) is 5.75 Å². The normalized spacial score (nSPS) is 29.4. The van der Waals surface area contributed by atoms with Gasteiger partial charge >= 0.3 is 0 Å². The third-order valence-electron chi connectivity index (χ3n) is 8.66. The van der Waals surface area contributed by atoms with Gasteiger partial charge in [-0.3, -0.25) is 4.90 Å². The number of hydrogen-bond acceptors (Lipinski definition) is 4. The molecule has 2 saturated heterocycles. The summed E-state index contributed by atoms with van der Waals surface area (Å²) in [4.78, 5) is 5.33. The lowest BCUT2D eigenvalue weighted by Gasteiger charge is -2.49. The van der Waals surface area contributed by atoms with E-state index in [0.29, 0.717) is 11.3 Å². The maximum absolute atomic E-state index is 5.67. The molecule has 5 heteroatoms. The Labute approximate surface area is 202 Å². The second-order valence-corrected chi connectivity index (χ2v) is 11.4. The number of piperazine rings is 1. The molecule has 2 aliphatic heterocycles. The number of anilines is 1. The first-order chi connectivity index (χ1) is 14.8. The molecule has 0 amide bonds. The van der Waals surface area contributed by atoms with Crippen molar-refractivity contribution in [2.75, 3.05) is 57.9 Å². The highest BCUT2D eigenvalue weighted by molar-refractivity contribution is 5.85. The van der Waals surface area contributed by atoms with Crippen molar-refractivity contribution in [2.45, 2.75) is 65.2 Å². The topological polar surface area (TPSA) is 24.9 Å². The van der Waals surface area contributed by atoms with E-state index in [0.717, 1.165) is 38.0 Å². The molecule has 0 spiro atoms. The lowest BCUT2D eigenvalue weighted by Crippen LogP contribution is -2.49. The Hall–Kier alpha value is -0.970. The van der Waals surface area contributed by atoms with Crippen LogP contribution >= 0.6 is 12.4 Å². The predicted octanol–water partition coefficient (Wildman–Crippen LogP) is 5.77. The van der Waals surface area contributed by atoms with Gasteiger partial charge in [0.05, 0.1) is 7.11 Å². The monoisotopic (exact) mass is 464 g/mol. The molecule has 0 N–H and O–H groups in total. The van der Waals surface area contributed by atoms with Gasteiger partial charge < -0.3 is 14.4 Å². The molecule has 1 aliphatic carbocycles. The van der Waals surface area contributed by atoms with Gasteiger partial charge in [-0.15, -0.1) is 12.4 Å². The number of rotatable bonds is 5. The Morgan fingerprint density at radius 3 is 2.34 bits per heavy atom. The summed E-state index contributed by atoms with van der Waals surface area (Å²) < 4.78 is 11.2. The summed E-state index contributed by atoms with van der Waals surface area (Å²) in [7, 11) is 1.80. The largest absolute Gasteiger partial charge is 0.497 e. The molecule has 32 heavy (non-hydrogen) atoms. The first kappa shape index (κ1) is 25.6. The molecule has 0 bridgehead atoms. The van der Waals surface area contributed by atoms with Crippen molar-refractivity contribution in [2.24, 2.45) is 17.3 Å². The molecule has 0 aromatic heterocycles. The smallest absolute Gasteiger partial charge is 0.119 e. The van der Waals surface area contributed by atoms with E-state index < -0.39 is 0 Å². The van der Waals surface area contributed by atoms with E-state index in [1.54, 1.807) is 7.11 Å². The van der Waals surface area contributed by atoms with E-state index >= 15 is 0 Å². The standard InChI is InChI=1S/C27H44N2O2.ClH/c1-21-19-26(2,3)10-11-27(21,4)24-18-23(30-5)6-7-25(24)29-14-12-28(13-15-29)20-22-8-16-31-17-9-22;/h6-7,18,21-22H,8-17,19-20H2,1-5H3;1H. The summed E-state index contributed by atoms with van der Waals surface area (Å²) in [6, 6.07) is 6.84. The van der Waals surface area contributed by atoms with Crippen molar-refractivity contribution in [3.8, 4) is 5.75 Å². The lowest BCUT2D eigenvalue weighted by atomic mass is 9.57. The maximum atomic E-state index is 5.67. The van der Waals surface area contributed by atoms with Crippen molar-refractivity contribution in [1.82, 2.24) is 4.90 Å². The number of nitrogens with zero attached hydrogens (tertiary/aromatic N) is 2. The van der Waals surface area contributed by atoms with Crippen LogP contribution in [0.1, 0.15) is 65.4 Å². The summed E-state index contributed by atoms with van der Waals surface area (Å²) in [5.41, 5.74) is 3.61. The van der Waals surface area contributed by atoms with Gasteiger partial charge in [0.2, 0.25) is 0 Å². The molecule has 3 aliphatic rings. The molecule has 1 saturated carbocycles. The molecular weight excluding hydrogens is 420 g/mol. The average molecular weight is 465 g/mol. The Kier molecular flexibility index (Phi) is 8.44. The molecule has 182 valence electrons. The van der Waals surface area contributed by atoms with Crippen LogP contribution < -0.4 is 9.64 Å². The Bertz CT molecular complexity index is 741. The van der Waals surface area contributed by atoms with Gasteiger partial charge in [0.15, 0.2) is 0 Å². The molecule has 4 rings (SSSR count). The number of benzene rings is 1. The van der Waals surface area contributed by atoms with Gasteiger partial charge in [-0.2, -0.15) is 0 Å². The minimum Gasteiger partial charge on any atom is -0.497 e. The minimum atomic E-state index is 0. The predicted molar refractivity (Wildman–Crippen MR) is 137 cm³/mol. The van der Waals surface area contributed by atoms with Crippen molar-refractivity contribution in [3.63, 3.8) is 0 Å². The van der Waals surface area contributed by atoms with Crippen LogP contribution in [0.4, 0.5) is 5.69 Å². The highest BCUT2D eigenvalue weighted by atomic mass is 35.5. The second kappa shape index (κ2) is 10.5. The highest BCUT2D eigenvalue weighted by Crippen LogP contribution is 2.52. The van der Waals surface area contributed by atoms with Crippen LogP contribution in [-0.2, 0) is 10.2 Å². The van der Waals surface area contributed by atoms with Crippen LogP contribution in [0, 0.1) is 17.3 Å². The first-order valence-corrected chi connectivity index (χ1v) is 12.5. The molecule has 0 radical (unpaired) electrons. The zero-order chi connectivity index (χ0) is 22.1. The number of hydrogen-bond donors (Lipinski definition) is 0. The molecule has 1 aromatic carbocycles. The van der Waals surface area contributed by atoms with Gasteiger partial charge in [-0.1, -0.05) is 27.7 Å². The van der Waals surface area contributed by atoms with Crippen molar-refractivity contribution < 1.29 is 9.47 Å². The third kappa shape index (κ3) is 5.56. The fourth-order valence-electron chi connectivity index (χ4n) is 6.24. The van der Waals surface area contributed by atoms with Gasteiger partial charge in [0, 0.05) is 51.6 Å². The average Bonchev–Trinajstić information content (AvgIpc) is 2.77.